The summed E-state index contributed by atoms with van der Waals surface area (Å²) < 4.78 is 0. The lowest BCUT2D eigenvalue weighted by Crippen LogP contribution is -2.27. The van der Waals surface area contributed by atoms with Crippen LogP contribution in [0.4, 0.5) is 5.82 Å². The molecule has 3 heteroatoms. The highest BCUT2D eigenvalue weighted by Gasteiger charge is 2.28. The van der Waals surface area contributed by atoms with E-state index in [0.717, 1.165) is 5.82 Å². The van der Waals surface area contributed by atoms with Crippen molar-refractivity contribution in [2.75, 3.05) is 18.4 Å². The molecule has 0 bridgehead atoms. The summed E-state index contributed by atoms with van der Waals surface area (Å²) in [6, 6.07) is 5.62. The van der Waals surface area contributed by atoms with E-state index in [1.807, 2.05) is 6.20 Å². The standard InChI is InChI=1S/C19H31N3/c1-2-3-14-22-15-8-12-18(22)17-11-7-13-20-19(17)21-16-9-5-4-6-10-16/h7,11,13,16,18H,2-6,8-10,12,14-15H2,1H3,(H,20,21)/t18-/m1/s1. The van der Waals surface area contributed by atoms with Crippen LogP contribution in [0.25, 0.3) is 0 Å². The molecule has 1 saturated heterocycles. The summed E-state index contributed by atoms with van der Waals surface area (Å²) in [5, 5.41) is 3.77. The van der Waals surface area contributed by atoms with E-state index in [1.165, 1.54) is 76.4 Å². The third-order valence-electron chi connectivity index (χ3n) is 5.31. The van der Waals surface area contributed by atoms with Crippen molar-refractivity contribution >= 4 is 5.82 Å². The van der Waals surface area contributed by atoms with Crippen LogP contribution >= 0.6 is 0 Å². The molecule has 22 heavy (non-hydrogen) atoms. The molecule has 1 aliphatic heterocycles. The predicted molar refractivity (Wildman–Crippen MR) is 93.2 cm³/mol. The van der Waals surface area contributed by atoms with E-state index in [9.17, 15) is 0 Å². The number of aromatic nitrogens is 1. The molecular weight excluding hydrogens is 270 g/mol. The van der Waals surface area contributed by atoms with Gasteiger partial charge >= 0.3 is 0 Å². The van der Waals surface area contributed by atoms with Gasteiger partial charge in [-0.2, -0.15) is 0 Å². The Balaban J connectivity index is 1.72. The highest BCUT2D eigenvalue weighted by molar-refractivity contribution is 5.47. The van der Waals surface area contributed by atoms with Gasteiger partial charge in [0.15, 0.2) is 0 Å². The quantitative estimate of drug-likeness (QED) is 0.821. The lowest BCUT2D eigenvalue weighted by atomic mass is 9.95. The third kappa shape index (κ3) is 3.81. The minimum Gasteiger partial charge on any atom is -0.367 e. The van der Waals surface area contributed by atoms with Gasteiger partial charge in [0.2, 0.25) is 0 Å². The van der Waals surface area contributed by atoms with Crippen LogP contribution in [0.2, 0.25) is 0 Å². The van der Waals surface area contributed by atoms with Crippen LogP contribution < -0.4 is 5.32 Å². The molecule has 1 aromatic heterocycles. The molecule has 2 aliphatic rings. The first-order chi connectivity index (χ1) is 10.9. The number of hydrogen-bond donors (Lipinski definition) is 1. The molecule has 0 unspecified atom stereocenters. The van der Waals surface area contributed by atoms with Gasteiger partial charge in [0.25, 0.3) is 0 Å². The highest BCUT2D eigenvalue weighted by atomic mass is 15.2. The zero-order valence-corrected chi connectivity index (χ0v) is 14.1. The van der Waals surface area contributed by atoms with Crippen molar-refractivity contribution in [2.24, 2.45) is 0 Å². The minimum atomic E-state index is 0.575. The molecule has 0 radical (unpaired) electrons. The Morgan fingerprint density at radius 3 is 2.86 bits per heavy atom. The van der Waals surface area contributed by atoms with Crippen LogP contribution in [-0.4, -0.2) is 29.0 Å². The molecule has 1 atom stereocenters. The molecule has 1 saturated carbocycles. The Bertz CT molecular complexity index is 454. The first kappa shape index (κ1) is 15.8. The van der Waals surface area contributed by atoms with Gasteiger partial charge < -0.3 is 5.32 Å². The summed E-state index contributed by atoms with van der Waals surface area (Å²) in [7, 11) is 0. The average Bonchev–Trinajstić information content (AvgIpc) is 3.03. The lowest BCUT2D eigenvalue weighted by Gasteiger charge is -2.29. The first-order valence-corrected chi connectivity index (χ1v) is 9.34. The predicted octanol–water partition coefficient (Wildman–Crippen LogP) is 4.76. The molecular formula is C19H31N3. The fourth-order valence-corrected chi connectivity index (χ4v) is 4.05. The van der Waals surface area contributed by atoms with Crippen molar-refractivity contribution in [2.45, 2.75) is 76.8 Å². The maximum Gasteiger partial charge on any atom is 0.130 e. The molecule has 122 valence electrons. The zero-order valence-electron chi connectivity index (χ0n) is 14.1. The summed E-state index contributed by atoms with van der Waals surface area (Å²) in [6.07, 6.45) is 13.9. The van der Waals surface area contributed by atoms with Crippen LogP contribution in [0.5, 0.6) is 0 Å². The molecule has 0 amide bonds. The Morgan fingerprint density at radius 1 is 1.18 bits per heavy atom. The Morgan fingerprint density at radius 2 is 2.05 bits per heavy atom. The van der Waals surface area contributed by atoms with Crippen molar-refractivity contribution in [3.63, 3.8) is 0 Å². The smallest absolute Gasteiger partial charge is 0.130 e. The van der Waals surface area contributed by atoms with Crippen LogP contribution in [0.1, 0.15) is 76.3 Å². The maximum atomic E-state index is 4.69. The molecule has 1 aliphatic carbocycles. The van der Waals surface area contributed by atoms with E-state index < -0.39 is 0 Å². The minimum absolute atomic E-state index is 0.575. The van der Waals surface area contributed by atoms with Crippen molar-refractivity contribution in [1.29, 1.82) is 0 Å². The molecule has 0 aromatic carbocycles. The summed E-state index contributed by atoms with van der Waals surface area (Å²) in [5.74, 6) is 1.16. The van der Waals surface area contributed by atoms with Crippen LogP contribution in [0.15, 0.2) is 18.3 Å². The van der Waals surface area contributed by atoms with Crippen LogP contribution in [-0.2, 0) is 0 Å². The van der Waals surface area contributed by atoms with Gasteiger partial charge in [-0.25, -0.2) is 4.98 Å². The van der Waals surface area contributed by atoms with Crippen molar-refractivity contribution < 1.29 is 0 Å². The van der Waals surface area contributed by atoms with E-state index >= 15 is 0 Å². The molecule has 2 heterocycles. The second-order valence-electron chi connectivity index (χ2n) is 6.97. The monoisotopic (exact) mass is 301 g/mol. The van der Waals surface area contributed by atoms with Crippen molar-refractivity contribution in [1.82, 2.24) is 9.88 Å². The second kappa shape index (κ2) is 7.96. The third-order valence-corrected chi connectivity index (χ3v) is 5.31. The summed E-state index contributed by atoms with van der Waals surface area (Å²) in [4.78, 5) is 7.37. The van der Waals surface area contributed by atoms with Gasteiger partial charge in [-0.3, -0.25) is 4.90 Å². The van der Waals surface area contributed by atoms with Gasteiger partial charge in [-0.05, 0) is 51.3 Å². The number of likely N-dealkylation sites (tertiary alicyclic amines) is 1. The number of nitrogens with zero attached hydrogens (tertiary/aromatic N) is 2. The first-order valence-electron chi connectivity index (χ1n) is 9.34. The van der Waals surface area contributed by atoms with Crippen molar-refractivity contribution in [3.8, 4) is 0 Å². The molecule has 3 nitrogen and oxygen atoms in total. The SMILES string of the molecule is CCCCN1CCC[C@@H]1c1cccnc1NC1CCCCC1. The van der Waals surface area contributed by atoms with Crippen LogP contribution in [0.3, 0.4) is 0 Å². The van der Waals surface area contributed by atoms with Gasteiger partial charge in [-0.15, -0.1) is 0 Å². The highest BCUT2D eigenvalue weighted by Crippen LogP contribution is 2.36. The fourth-order valence-electron chi connectivity index (χ4n) is 4.05. The largest absolute Gasteiger partial charge is 0.367 e. The number of anilines is 1. The molecule has 3 rings (SSSR count). The normalized spacial score (nSPS) is 23.8. The van der Waals surface area contributed by atoms with Gasteiger partial charge in [-0.1, -0.05) is 38.7 Å². The number of hydrogen-bond acceptors (Lipinski definition) is 3. The van der Waals surface area contributed by atoms with Crippen molar-refractivity contribution in [3.05, 3.63) is 23.9 Å². The molecule has 2 fully saturated rings. The summed E-state index contributed by atoms with van der Waals surface area (Å²) in [5.41, 5.74) is 1.43. The van der Waals surface area contributed by atoms with Crippen LogP contribution in [0, 0.1) is 0 Å². The summed E-state index contributed by atoms with van der Waals surface area (Å²) in [6.45, 7) is 4.77. The van der Waals surface area contributed by atoms with Gasteiger partial charge in [0.05, 0.1) is 0 Å². The number of rotatable bonds is 6. The molecule has 1 N–H and O–H groups in total. The van der Waals surface area contributed by atoms with E-state index in [0.29, 0.717) is 12.1 Å². The van der Waals surface area contributed by atoms with E-state index in [1.54, 1.807) is 0 Å². The second-order valence-corrected chi connectivity index (χ2v) is 6.97. The number of pyridine rings is 1. The fraction of sp³-hybridized carbons (Fsp3) is 0.737. The average molecular weight is 301 g/mol. The lowest BCUT2D eigenvalue weighted by molar-refractivity contribution is 0.253. The Kier molecular flexibility index (Phi) is 5.71. The Hall–Kier alpha value is -1.09. The van der Waals surface area contributed by atoms with Gasteiger partial charge in [0.1, 0.15) is 5.82 Å². The summed E-state index contributed by atoms with van der Waals surface area (Å²) >= 11 is 0. The van der Waals surface area contributed by atoms with E-state index in [2.05, 4.69) is 29.3 Å². The molecule has 0 spiro atoms. The topological polar surface area (TPSA) is 28.2 Å². The Labute approximate surface area is 135 Å². The number of unbranched alkanes of at least 4 members (excludes halogenated alkanes) is 1. The van der Waals surface area contributed by atoms with Gasteiger partial charge in [0, 0.05) is 23.8 Å². The zero-order chi connectivity index (χ0) is 15.2. The maximum absolute atomic E-state index is 4.69. The van der Waals surface area contributed by atoms with E-state index in [4.69, 9.17) is 4.98 Å². The van der Waals surface area contributed by atoms with E-state index in [-0.39, 0.29) is 0 Å². The molecule has 1 aromatic rings. The number of nitrogens with one attached hydrogen (secondary N) is 1.